The molecule has 1 heterocycles. The first-order valence-corrected chi connectivity index (χ1v) is 6.45. The lowest BCUT2D eigenvalue weighted by atomic mass is 10.1. The summed E-state index contributed by atoms with van der Waals surface area (Å²) in [5, 5.41) is 7.70. The fraction of sp³-hybridized carbons (Fsp3) is 0.250. The van der Waals surface area contributed by atoms with Gasteiger partial charge in [0.05, 0.1) is 11.3 Å². The first-order chi connectivity index (χ1) is 9.36. The molecule has 0 amide bonds. The fourth-order valence-corrected chi connectivity index (χ4v) is 2.32. The van der Waals surface area contributed by atoms with Crippen LogP contribution in [0.2, 0.25) is 0 Å². The van der Waals surface area contributed by atoms with Crippen molar-refractivity contribution in [1.82, 2.24) is 4.98 Å². The maximum Gasteiger partial charge on any atom is 0.141 e. The van der Waals surface area contributed by atoms with E-state index in [2.05, 4.69) is 11.1 Å². The molecule has 0 saturated heterocycles. The van der Waals surface area contributed by atoms with Crippen molar-refractivity contribution >= 4 is 5.84 Å². The standard InChI is InChI=1S/C16H19N3O/c1-9-5-10(2)7-13(6-9)20-14-8-11(3)19-12(4)15(14)16(17)18/h5-8H,1-4H3,(H3,17,18). The Labute approximate surface area is 119 Å². The lowest BCUT2D eigenvalue weighted by Gasteiger charge is -2.14. The fourth-order valence-electron chi connectivity index (χ4n) is 2.32. The van der Waals surface area contributed by atoms with Gasteiger partial charge in [0.25, 0.3) is 0 Å². The van der Waals surface area contributed by atoms with E-state index >= 15 is 0 Å². The van der Waals surface area contributed by atoms with E-state index < -0.39 is 0 Å². The molecule has 0 atom stereocenters. The molecule has 0 fully saturated rings. The maximum atomic E-state index is 7.70. The van der Waals surface area contributed by atoms with Crippen LogP contribution in [0.4, 0.5) is 0 Å². The highest BCUT2D eigenvalue weighted by Gasteiger charge is 2.13. The number of aromatic nitrogens is 1. The molecule has 0 bridgehead atoms. The number of pyridine rings is 1. The Morgan fingerprint density at radius 2 is 1.65 bits per heavy atom. The quantitative estimate of drug-likeness (QED) is 0.662. The van der Waals surface area contributed by atoms with Gasteiger partial charge in [0, 0.05) is 11.8 Å². The van der Waals surface area contributed by atoms with Gasteiger partial charge in [0.15, 0.2) is 0 Å². The molecule has 0 radical (unpaired) electrons. The molecule has 0 aliphatic heterocycles. The van der Waals surface area contributed by atoms with Crippen molar-refractivity contribution in [3.8, 4) is 11.5 Å². The SMILES string of the molecule is Cc1cc(C)cc(Oc2cc(C)nc(C)c2C(=N)N)c1. The largest absolute Gasteiger partial charge is 0.456 e. The number of rotatable bonds is 3. The molecule has 4 heteroatoms. The van der Waals surface area contributed by atoms with Crippen molar-refractivity contribution in [2.24, 2.45) is 5.73 Å². The summed E-state index contributed by atoms with van der Waals surface area (Å²) in [4.78, 5) is 4.33. The number of nitrogen functional groups attached to an aromatic ring is 1. The van der Waals surface area contributed by atoms with E-state index in [1.807, 2.05) is 39.8 Å². The minimum absolute atomic E-state index is 0.0330. The van der Waals surface area contributed by atoms with E-state index in [4.69, 9.17) is 15.9 Å². The molecule has 4 nitrogen and oxygen atoms in total. The van der Waals surface area contributed by atoms with E-state index in [0.29, 0.717) is 17.0 Å². The molecule has 3 N–H and O–H groups in total. The van der Waals surface area contributed by atoms with Crippen molar-refractivity contribution in [2.75, 3.05) is 0 Å². The molecule has 1 aromatic carbocycles. The number of nitrogens with two attached hydrogens (primary N) is 1. The van der Waals surface area contributed by atoms with Crippen LogP contribution >= 0.6 is 0 Å². The highest BCUT2D eigenvalue weighted by molar-refractivity contribution is 5.98. The van der Waals surface area contributed by atoms with Crippen LogP contribution in [0.1, 0.15) is 28.1 Å². The Bertz CT molecular complexity index is 657. The van der Waals surface area contributed by atoms with E-state index in [1.165, 1.54) is 0 Å². The van der Waals surface area contributed by atoms with Gasteiger partial charge in [-0.3, -0.25) is 10.4 Å². The molecular formula is C16H19N3O. The second-order valence-corrected chi connectivity index (χ2v) is 5.06. The summed E-state index contributed by atoms with van der Waals surface area (Å²) in [6.07, 6.45) is 0. The Kier molecular flexibility index (Phi) is 3.74. The van der Waals surface area contributed by atoms with Gasteiger partial charge in [-0.1, -0.05) is 6.07 Å². The zero-order valence-electron chi connectivity index (χ0n) is 12.2. The topological polar surface area (TPSA) is 72.0 Å². The van der Waals surface area contributed by atoms with E-state index in [9.17, 15) is 0 Å². The Balaban J connectivity index is 2.49. The lowest BCUT2D eigenvalue weighted by molar-refractivity contribution is 0.478. The van der Waals surface area contributed by atoms with Crippen LogP contribution in [0.15, 0.2) is 24.3 Å². The van der Waals surface area contributed by atoms with Gasteiger partial charge in [-0.05, 0) is 51.0 Å². The van der Waals surface area contributed by atoms with Crippen molar-refractivity contribution < 1.29 is 4.74 Å². The normalized spacial score (nSPS) is 10.4. The Morgan fingerprint density at radius 3 is 2.20 bits per heavy atom. The Morgan fingerprint density at radius 1 is 1.05 bits per heavy atom. The van der Waals surface area contributed by atoms with Crippen LogP contribution in [0.25, 0.3) is 0 Å². The molecular weight excluding hydrogens is 250 g/mol. The third kappa shape index (κ3) is 2.96. The van der Waals surface area contributed by atoms with Crippen molar-refractivity contribution in [3.05, 3.63) is 52.3 Å². The average Bonchev–Trinajstić information content (AvgIpc) is 2.25. The molecule has 1 aromatic heterocycles. The molecule has 0 spiro atoms. The zero-order chi connectivity index (χ0) is 14.9. The maximum absolute atomic E-state index is 7.70. The molecule has 104 valence electrons. The third-order valence-electron chi connectivity index (χ3n) is 2.98. The smallest absolute Gasteiger partial charge is 0.141 e. The number of amidine groups is 1. The molecule has 2 aromatic rings. The summed E-state index contributed by atoms with van der Waals surface area (Å²) in [5.41, 5.74) is 10.0. The van der Waals surface area contributed by atoms with Crippen molar-refractivity contribution in [2.45, 2.75) is 27.7 Å². The van der Waals surface area contributed by atoms with Crippen LogP contribution in [0.3, 0.4) is 0 Å². The highest BCUT2D eigenvalue weighted by Crippen LogP contribution is 2.28. The van der Waals surface area contributed by atoms with Crippen LogP contribution in [-0.2, 0) is 0 Å². The molecule has 20 heavy (non-hydrogen) atoms. The monoisotopic (exact) mass is 269 g/mol. The van der Waals surface area contributed by atoms with E-state index in [-0.39, 0.29) is 5.84 Å². The first-order valence-electron chi connectivity index (χ1n) is 6.45. The number of benzene rings is 1. The Hall–Kier alpha value is -2.36. The highest BCUT2D eigenvalue weighted by atomic mass is 16.5. The summed E-state index contributed by atoms with van der Waals surface area (Å²) in [5.74, 6) is 1.29. The van der Waals surface area contributed by atoms with E-state index in [0.717, 1.165) is 22.6 Å². The van der Waals surface area contributed by atoms with Gasteiger partial charge in [-0.2, -0.15) is 0 Å². The van der Waals surface area contributed by atoms with Crippen LogP contribution < -0.4 is 10.5 Å². The summed E-state index contributed by atoms with van der Waals surface area (Å²) < 4.78 is 5.93. The molecule has 0 aliphatic carbocycles. The van der Waals surface area contributed by atoms with Crippen LogP contribution in [0, 0.1) is 33.1 Å². The van der Waals surface area contributed by atoms with Crippen molar-refractivity contribution in [3.63, 3.8) is 0 Å². The summed E-state index contributed by atoms with van der Waals surface area (Å²) >= 11 is 0. The molecule has 0 saturated carbocycles. The molecule has 2 rings (SSSR count). The summed E-state index contributed by atoms with van der Waals surface area (Å²) in [6.45, 7) is 7.77. The van der Waals surface area contributed by atoms with Crippen LogP contribution in [-0.4, -0.2) is 10.8 Å². The van der Waals surface area contributed by atoms with Gasteiger partial charge in [0.2, 0.25) is 0 Å². The molecule has 0 aliphatic rings. The predicted molar refractivity (Wildman–Crippen MR) is 80.7 cm³/mol. The zero-order valence-corrected chi connectivity index (χ0v) is 12.2. The summed E-state index contributed by atoms with van der Waals surface area (Å²) in [6, 6.07) is 7.81. The second-order valence-electron chi connectivity index (χ2n) is 5.06. The lowest BCUT2D eigenvalue weighted by Crippen LogP contribution is -2.15. The number of hydrogen-bond donors (Lipinski definition) is 2. The first kappa shape index (κ1) is 14.1. The minimum Gasteiger partial charge on any atom is -0.456 e. The predicted octanol–water partition coefficient (Wildman–Crippen LogP) is 3.39. The average molecular weight is 269 g/mol. The number of nitrogens with one attached hydrogen (secondary N) is 1. The van der Waals surface area contributed by atoms with Gasteiger partial charge in [-0.15, -0.1) is 0 Å². The number of hydrogen-bond acceptors (Lipinski definition) is 3. The van der Waals surface area contributed by atoms with Crippen molar-refractivity contribution in [1.29, 1.82) is 5.41 Å². The minimum atomic E-state index is -0.0330. The van der Waals surface area contributed by atoms with Crippen LogP contribution in [0.5, 0.6) is 11.5 Å². The van der Waals surface area contributed by atoms with Gasteiger partial charge >= 0.3 is 0 Å². The number of nitrogens with zero attached hydrogens (tertiary/aromatic N) is 1. The molecule has 0 unspecified atom stereocenters. The van der Waals surface area contributed by atoms with Gasteiger partial charge < -0.3 is 10.5 Å². The second kappa shape index (κ2) is 5.33. The van der Waals surface area contributed by atoms with Gasteiger partial charge in [0.1, 0.15) is 17.3 Å². The summed E-state index contributed by atoms with van der Waals surface area (Å²) in [7, 11) is 0. The number of aryl methyl sites for hydroxylation is 4. The number of ether oxygens (including phenoxy) is 1. The van der Waals surface area contributed by atoms with E-state index in [1.54, 1.807) is 6.07 Å². The third-order valence-corrected chi connectivity index (χ3v) is 2.98. The van der Waals surface area contributed by atoms with Gasteiger partial charge in [-0.25, -0.2) is 0 Å².